The lowest BCUT2D eigenvalue weighted by molar-refractivity contribution is -0.115. The second-order valence-electron chi connectivity index (χ2n) is 4.28. The molecule has 1 unspecified atom stereocenters. The summed E-state index contributed by atoms with van der Waals surface area (Å²) in [6.45, 7) is 4.53. The Labute approximate surface area is 101 Å². The maximum absolute atomic E-state index is 11.6. The van der Waals surface area contributed by atoms with Crippen LogP contribution in [0.2, 0.25) is 0 Å². The van der Waals surface area contributed by atoms with E-state index in [2.05, 4.69) is 30.1 Å². The lowest BCUT2D eigenvalue weighted by Gasteiger charge is -2.35. The topological polar surface area (TPSA) is 56.1 Å². The quantitative estimate of drug-likeness (QED) is 0.845. The number of amides is 1. The number of hydrogen-bond acceptors (Lipinski definition) is 3. The van der Waals surface area contributed by atoms with E-state index < -0.39 is 0 Å². The van der Waals surface area contributed by atoms with E-state index in [1.165, 1.54) is 0 Å². The molecule has 1 aromatic carbocycles. The third kappa shape index (κ3) is 2.09. The van der Waals surface area contributed by atoms with Crippen molar-refractivity contribution in [1.29, 1.82) is 5.26 Å². The lowest BCUT2D eigenvalue weighted by atomic mass is 10.1. The van der Waals surface area contributed by atoms with Gasteiger partial charge >= 0.3 is 0 Å². The molecule has 1 aromatic rings. The third-order valence-corrected chi connectivity index (χ3v) is 3.15. The number of nitriles is 1. The summed E-state index contributed by atoms with van der Waals surface area (Å²) in [7, 11) is 0. The van der Waals surface area contributed by atoms with Crippen molar-refractivity contribution in [2.75, 3.05) is 16.8 Å². The number of anilines is 2. The van der Waals surface area contributed by atoms with Crippen LogP contribution in [0.25, 0.3) is 0 Å². The molecule has 4 nitrogen and oxygen atoms in total. The molecule has 1 aliphatic heterocycles. The summed E-state index contributed by atoms with van der Waals surface area (Å²) in [5.41, 5.74) is 2.35. The summed E-state index contributed by atoms with van der Waals surface area (Å²) in [5, 5.41) is 11.7. The number of nitrogens with one attached hydrogen (secondary N) is 1. The van der Waals surface area contributed by atoms with Crippen LogP contribution in [0.5, 0.6) is 0 Å². The normalized spacial score (nSPS) is 15.8. The van der Waals surface area contributed by atoms with Gasteiger partial charge in [-0.25, -0.2) is 0 Å². The largest absolute Gasteiger partial charge is 0.358 e. The molecule has 0 bridgehead atoms. The predicted octanol–water partition coefficient (Wildman–Crippen LogP) is 2.12. The number of carbonyl (C=O) groups excluding carboxylic acids is 1. The monoisotopic (exact) mass is 229 g/mol. The number of benzene rings is 1. The van der Waals surface area contributed by atoms with Gasteiger partial charge in [-0.15, -0.1) is 0 Å². The zero-order valence-corrected chi connectivity index (χ0v) is 10.0. The maximum atomic E-state index is 11.6. The molecule has 4 heteroatoms. The first-order valence-corrected chi connectivity index (χ1v) is 5.76. The van der Waals surface area contributed by atoms with Crippen molar-refractivity contribution in [3.63, 3.8) is 0 Å². The van der Waals surface area contributed by atoms with Gasteiger partial charge in [0.2, 0.25) is 5.91 Å². The van der Waals surface area contributed by atoms with Gasteiger partial charge in [0.25, 0.3) is 0 Å². The second-order valence-corrected chi connectivity index (χ2v) is 4.28. The van der Waals surface area contributed by atoms with Crippen LogP contribution in [0.3, 0.4) is 0 Å². The Morgan fingerprint density at radius 2 is 2.35 bits per heavy atom. The summed E-state index contributed by atoms with van der Waals surface area (Å²) in [6.07, 6.45) is 0.962. The number of carbonyl (C=O) groups is 1. The average molecular weight is 229 g/mol. The van der Waals surface area contributed by atoms with Crippen molar-refractivity contribution in [2.24, 2.45) is 0 Å². The number of nitrogens with zero attached hydrogens (tertiary/aromatic N) is 2. The van der Waals surface area contributed by atoms with E-state index in [0.717, 1.165) is 17.8 Å². The maximum Gasteiger partial charge on any atom is 0.243 e. The van der Waals surface area contributed by atoms with Gasteiger partial charge in [0.1, 0.15) is 0 Å². The fourth-order valence-corrected chi connectivity index (χ4v) is 1.99. The minimum absolute atomic E-state index is 0.00232. The fraction of sp³-hybridized carbons (Fsp3) is 0.385. The van der Waals surface area contributed by atoms with Gasteiger partial charge in [-0.05, 0) is 31.5 Å². The summed E-state index contributed by atoms with van der Waals surface area (Å²) < 4.78 is 0. The summed E-state index contributed by atoms with van der Waals surface area (Å²) in [4.78, 5) is 13.6. The Morgan fingerprint density at radius 3 is 3.00 bits per heavy atom. The standard InChI is InChI=1S/C13H15N3O/c1-3-9(2)16-8-13(17)15-11-5-4-10(7-14)6-12(11)16/h4-6,9H,3,8H2,1-2H3,(H,15,17). The van der Waals surface area contributed by atoms with Crippen LogP contribution in [-0.2, 0) is 4.79 Å². The van der Waals surface area contributed by atoms with Crippen LogP contribution in [0.15, 0.2) is 18.2 Å². The first-order chi connectivity index (χ1) is 8.15. The zero-order chi connectivity index (χ0) is 12.4. The molecular weight excluding hydrogens is 214 g/mol. The average Bonchev–Trinajstić information content (AvgIpc) is 2.36. The second kappa shape index (κ2) is 4.46. The van der Waals surface area contributed by atoms with Crippen molar-refractivity contribution < 1.29 is 4.79 Å². The van der Waals surface area contributed by atoms with Gasteiger partial charge in [-0.2, -0.15) is 5.26 Å². The van der Waals surface area contributed by atoms with Crippen molar-refractivity contribution in [3.05, 3.63) is 23.8 Å². The Hall–Kier alpha value is -2.02. The van der Waals surface area contributed by atoms with E-state index in [4.69, 9.17) is 5.26 Å². The van der Waals surface area contributed by atoms with Crippen LogP contribution in [-0.4, -0.2) is 18.5 Å². The van der Waals surface area contributed by atoms with Gasteiger partial charge in [-0.1, -0.05) is 6.92 Å². The molecule has 1 N–H and O–H groups in total. The van der Waals surface area contributed by atoms with E-state index in [9.17, 15) is 4.79 Å². The molecule has 0 radical (unpaired) electrons. The number of fused-ring (bicyclic) bond motifs is 1. The smallest absolute Gasteiger partial charge is 0.243 e. The molecule has 0 spiro atoms. The molecule has 0 aromatic heterocycles. The highest BCUT2D eigenvalue weighted by Crippen LogP contribution is 2.32. The highest BCUT2D eigenvalue weighted by molar-refractivity contribution is 6.01. The molecule has 1 heterocycles. The van der Waals surface area contributed by atoms with Gasteiger partial charge in [0.15, 0.2) is 0 Å². The van der Waals surface area contributed by atoms with Crippen LogP contribution in [0, 0.1) is 11.3 Å². The number of hydrogen-bond donors (Lipinski definition) is 1. The van der Waals surface area contributed by atoms with Crippen molar-refractivity contribution >= 4 is 17.3 Å². The van der Waals surface area contributed by atoms with Crippen LogP contribution >= 0.6 is 0 Å². The molecule has 1 aliphatic rings. The molecule has 0 aliphatic carbocycles. The third-order valence-electron chi connectivity index (χ3n) is 3.15. The predicted molar refractivity (Wildman–Crippen MR) is 66.9 cm³/mol. The Morgan fingerprint density at radius 1 is 1.59 bits per heavy atom. The fourth-order valence-electron chi connectivity index (χ4n) is 1.99. The number of rotatable bonds is 2. The summed E-state index contributed by atoms with van der Waals surface area (Å²) >= 11 is 0. The van der Waals surface area contributed by atoms with Crippen molar-refractivity contribution in [2.45, 2.75) is 26.3 Å². The zero-order valence-electron chi connectivity index (χ0n) is 10.0. The van der Waals surface area contributed by atoms with Gasteiger partial charge in [-0.3, -0.25) is 4.79 Å². The molecular formula is C13H15N3O. The van der Waals surface area contributed by atoms with Crippen LogP contribution < -0.4 is 10.2 Å². The van der Waals surface area contributed by atoms with Crippen molar-refractivity contribution in [1.82, 2.24) is 0 Å². The Balaban J connectivity index is 2.46. The lowest BCUT2D eigenvalue weighted by Crippen LogP contribution is -2.43. The van der Waals surface area contributed by atoms with Crippen LogP contribution in [0.1, 0.15) is 25.8 Å². The molecule has 2 rings (SSSR count). The minimum Gasteiger partial charge on any atom is -0.358 e. The van der Waals surface area contributed by atoms with E-state index in [1.54, 1.807) is 12.1 Å². The molecule has 0 saturated heterocycles. The Bertz CT molecular complexity index is 490. The van der Waals surface area contributed by atoms with E-state index in [0.29, 0.717) is 12.1 Å². The first kappa shape index (κ1) is 11.5. The highest BCUT2D eigenvalue weighted by atomic mass is 16.2. The van der Waals surface area contributed by atoms with Gasteiger partial charge in [0, 0.05) is 6.04 Å². The van der Waals surface area contributed by atoms with E-state index in [-0.39, 0.29) is 11.9 Å². The SMILES string of the molecule is CCC(C)N1CC(=O)Nc2ccc(C#N)cc21. The van der Waals surface area contributed by atoms with Gasteiger partial charge in [0.05, 0.1) is 29.6 Å². The van der Waals surface area contributed by atoms with Gasteiger partial charge < -0.3 is 10.2 Å². The molecule has 0 fully saturated rings. The highest BCUT2D eigenvalue weighted by Gasteiger charge is 2.25. The Kier molecular flexibility index (Phi) is 3.01. The van der Waals surface area contributed by atoms with Crippen molar-refractivity contribution in [3.8, 4) is 6.07 Å². The molecule has 17 heavy (non-hydrogen) atoms. The van der Waals surface area contributed by atoms with E-state index >= 15 is 0 Å². The summed E-state index contributed by atoms with van der Waals surface area (Å²) in [6, 6.07) is 7.76. The first-order valence-electron chi connectivity index (χ1n) is 5.76. The molecule has 1 amide bonds. The molecule has 1 atom stereocenters. The summed E-state index contributed by atoms with van der Waals surface area (Å²) in [5.74, 6) is 0.00232. The molecule has 88 valence electrons. The minimum atomic E-state index is 0.00232. The molecule has 0 saturated carbocycles. The van der Waals surface area contributed by atoms with E-state index in [1.807, 2.05) is 6.07 Å². The van der Waals surface area contributed by atoms with Crippen LogP contribution in [0.4, 0.5) is 11.4 Å².